The van der Waals surface area contributed by atoms with Gasteiger partial charge in [-0.1, -0.05) is 11.6 Å². The van der Waals surface area contributed by atoms with Crippen LogP contribution in [0.15, 0.2) is 36.5 Å². The molecule has 2 rings (SSSR count). The lowest BCUT2D eigenvalue weighted by atomic mass is 10.2. The Labute approximate surface area is 121 Å². The maximum atomic E-state index is 8.72. The highest BCUT2D eigenvalue weighted by Crippen LogP contribution is 2.25. The molecule has 0 saturated carbocycles. The normalized spacial score (nSPS) is 9.95. The highest BCUT2D eigenvalue weighted by Gasteiger charge is 2.03. The first-order chi connectivity index (χ1) is 9.22. The summed E-state index contributed by atoms with van der Waals surface area (Å²) in [5, 5.41) is 12.7. The van der Waals surface area contributed by atoms with Gasteiger partial charge in [-0.25, -0.2) is 4.98 Å². The van der Waals surface area contributed by atoms with Crippen molar-refractivity contribution in [2.75, 3.05) is 11.6 Å². The van der Waals surface area contributed by atoms with Gasteiger partial charge in [0.05, 0.1) is 5.56 Å². The first-order valence-corrected chi connectivity index (χ1v) is 7.40. The molecular formula is C14H12ClN3S. The average Bonchev–Trinajstić information content (AvgIpc) is 2.44. The smallest absolute Gasteiger partial charge is 0.130 e. The number of pyridine rings is 1. The number of anilines is 2. The van der Waals surface area contributed by atoms with Crippen LogP contribution in [-0.2, 0) is 5.75 Å². The van der Waals surface area contributed by atoms with Crippen molar-refractivity contribution in [1.29, 1.82) is 5.26 Å². The molecule has 5 heteroatoms. The van der Waals surface area contributed by atoms with Crippen molar-refractivity contribution in [1.82, 2.24) is 4.98 Å². The van der Waals surface area contributed by atoms with Gasteiger partial charge in [-0.05, 0) is 42.2 Å². The van der Waals surface area contributed by atoms with E-state index in [0.717, 1.165) is 22.0 Å². The molecule has 0 unspecified atom stereocenters. The van der Waals surface area contributed by atoms with E-state index in [-0.39, 0.29) is 0 Å². The van der Waals surface area contributed by atoms with Gasteiger partial charge in [-0.2, -0.15) is 17.0 Å². The second-order valence-corrected chi connectivity index (χ2v) is 5.18. The number of nitriles is 1. The molecule has 0 amide bonds. The molecule has 1 heterocycles. The summed E-state index contributed by atoms with van der Waals surface area (Å²) in [6.45, 7) is 0. The fourth-order valence-electron chi connectivity index (χ4n) is 1.60. The zero-order valence-electron chi connectivity index (χ0n) is 10.4. The Morgan fingerprint density at radius 2 is 2.21 bits per heavy atom. The SMILES string of the molecule is CSCc1cc(Nc2ccc(C#N)cn2)ccc1Cl. The van der Waals surface area contributed by atoms with Gasteiger partial charge in [-0.15, -0.1) is 0 Å². The molecule has 0 aliphatic rings. The molecule has 0 radical (unpaired) electrons. The summed E-state index contributed by atoms with van der Waals surface area (Å²) in [5.41, 5.74) is 2.57. The lowest BCUT2D eigenvalue weighted by Crippen LogP contribution is -1.95. The van der Waals surface area contributed by atoms with Gasteiger partial charge in [0.15, 0.2) is 0 Å². The number of halogens is 1. The molecule has 1 N–H and O–H groups in total. The molecule has 1 aromatic carbocycles. The summed E-state index contributed by atoms with van der Waals surface area (Å²) >= 11 is 7.85. The zero-order valence-corrected chi connectivity index (χ0v) is 11.9. The van der Waals surface area contributed by atoms with E-state index in [1.54, 1.807) is 30.1 Å². The average molecular weight is 290 g/mol. The van der Waals surface area contributed by atoms with Crippen LogP contribution < -0.4 is 5.32 Å². The van der Waals surface area contributed by atoms with Crippen LogP contribution in [0.25, 0.3) is 0 Å². The molecule has 0 bridgehead atoms. The summed E-state index contributed by atoms with van der Waals surface area (Å²) in [7, 11) is 0. The van der Waals surface area contributed by atoms with Crippen LogP contribution in [0.3, 0.4) is 0 Å². The fourth-order valence-corrected chi connectivity index (χ4v) is 2.41. The van der Waals surface area contributed by atoms with Gasteiger partial charge in [0.2, 0.25) is 0 Å². The zero-order chi connectivity index (χ0) is 13.7. The molecule has 96 valence electrons. The van der Waals surface area contributed by atoms with E-state index < -0.39 is 0 Å². The van der Waals surface area contributed by atoms with E-state index in [2.05, 4.69) is 10.3 Å². The first kappa shape index (κ1) is 13.7. The highest BCUT2D eigenvalue weighted by molar-refractivity contribution is 7.97. The molecule has 0 atom stereocenters. The van der Waals surface area contributed by atoms with Gasteiger partial charge >= 0.3 is 0 Å². The van der Waals surface area contributed by atoms with Crippen molar-refractivity contribution in [2.24, 2.45) is 0 Å². The Kier molecular flexibility index (Phi) is 4.67. The van der Waals surface area contributed by atoms with Crippen molar-refractivity contribution >= 4 is 34.9 Å². The molecule has 2 aromatic rings. The molecule has 19 heavy (non-hydrogen) atoms. The quantitative estimate of drug-likeness (QED) is 0.916. The summed E-state index contributed by atoms with van der Waals surface area (Å²) in [6.07, 6.45) is 3.58. The minimum atomic E-state index is 0.546. The van der Waals surface area contributed by atoms with E-state index in [4.69, 9.17) is 16.9 Å². The van der Waals surface area contributed by atoms with E-state index in [0.29, 0.717) is 11.4 Å². The highest BCUT2D eigenvalue weighted by atomic mass is 35.5. The first-order valence-electron chi connectivity index (χ1n) is 5.63. The van der Waals surface area contributed by atoms with Crippen LogP contribution >= 0.6 is 23.4 Å². The lowest BCUT2D eigenvalue weighted by Gasteiger charge is -2.08. The van der Waals surface area contributed by atoms with Crippen LogP contribution in [0.2, 0.25) is 5.02 Å². The Bertz CT molecular complexity index is 605. The topological polar surface area (TPSA) is 48.7 Å². The Balaban J connectivity index is 2.18. The number of nitrogens with one attached hydrogen (secondary N) is 1. The Morgan fingerprint density at radius 1 is 1.37 bits per heavy atom. The molecule has 0 spiro atoms. The Morgan fingerprint density at radius 3 is 2.84 bits per heavy atom. The van der Waals surface area contributed by atoms with E-state index in [1.807, 2.05) is 30.5 Å². The van der Waals surface area contributed by atoms with Crippen LogP contribution in [0, 0.1) is 11.3 Å². The number of rotatable bonds is 4. The number of nitrogens with zero attached hydrogens (tertiary/aromatic N) is 2. The number of hydrogen-bond donors (Lipinski definition) is 1. The third-order valence-corrected chi connectivity index (χ3v) is 3.48. The predicted molar refractivity (Wildman–Crippen MR) is 80.9 cm³/mol. The van der Waals surface area contributed by atoms with Crippen LogP contribution in [0.5, 0.6) is 0 Å². The molecule has 1 aromatic heterocycles. The summed E-state index contributed by atoms with van der Waals surface area (Å²) in [5.74, 6) is 1.58. The second-order valence-electron chi connectivity index (χ2n) is 3.91. The summed E-state index contributed by atoms with van der Waals surface area (Å²) in [6, 6.07) is 11.3. The molecular weight excluding hydrogens is 278 g/mol. The van der Waals surface area contributed by atoms with Crippen LogP contribution in [0.4, 0.5) is 11.5 Å². The van der Waals surface area contributed by atoms with Gasteiger partial charge < -0.3 is 5.32 Å². The second kappa shape index (κ2) is 6.46. The number of hydrogen-bond acceptors (Lipinski definition) is 4. The standard InChI is InChI=1S/C14H12ClN3S/c1-19-9-11-6-12(3-4-13(11)15)18-14-5-2-10(7-16)8-17-14/h2-6,8H,9H2,1H3,(H,17,18). The Hall–Kier alpha value is -1.70. The number of benzene rings is 1. The monoisotopic (exact) mass is 289 g/mol. The van der Waals surface area contributed by atoms with Crippen LogP contribution in [-0.4, -0.2) is 11.2 Å². The van der Waals surface area contributed by atoms with Crippen molar-refractivity contribution < 1.29 is 0 Å². The van der Waals surface area contributed by atoms with Crippen molar-refractivity contribution in [2.45, 2.75) is 5.75 Å². The van der Waals surface area contributed by atoms with E-state index in [9.17, 15) is 0 Å². The van der Waals surface area contributed by atoms with Crippen LogP contribution in [0.1, 0.15) is 11.1 Å². The van der Waals surface area contributed by atoms with Gasteiger partial charge in [0, 0.05) is 22.7 Å². The van der Waals surface area contributed by atoms with Gasteiger partial charge in [-0.3, -0.25) is 0 Å². The van der Waals surface area contributed by atoms with Gasteiger partial charge in [0.25, 0.3) is 0 Å². The summed E-state index contributed by atoms with van der Waals surface area (Å²) in [4.78, 5) is 4.17. The fraction of sp³-hybridized carbons (Fsp3) is 0.143. The van der Waals surface area contributed by atoms with E-state index >= 15 is 0 Å². The van der Waals surface area contributed by atoms with Crippen molar-refractivity contribution in [3.8, 4) is 6.07 Å². The third kappa shape index (κ3) is 3.63. The van der Waals surface area contributed by atoms with Crippen molar-refractivity contribution in [3.63, 3.8) is 0 Å². The largest absolute Gasteiger partial charge is 0.340 e. The molecule has 0 aliphatic heterocycles. The summed E-state index contributed by atoms with van der Waals surface area (Å²) < 4.78 is 0. The molecule has 3 nitrogen and oxygen atoms in total. The molecule has 0 saturated heterocycles. The number of thioether (sulfide) groups is 1. The minimum absolute atomic E-state index is 0.546. The predicted octanol–water partition coefficient (Wildman–Crippen LogP) is 4.21. The van der Waals surface area contributed by atoms with E-state index in [1.165, 1.54) is 0 Å². The number of aromatic nitrogens is 1. The maximum Gasteiger partial charge on any atom is 0.130 e. The maximum absolute atomic E-state index is 8.72. The lowest BCUT2D eigenvalue weighted by molar-refractivity contribution is 1.28. The molecule has 0 fully saturated rings. The molecule has 0 aliphatic carbocycles. The minimum Gasteiger partial charge on any atom is -0.340 e. The third-order valence-electron chi connectivity index (χ3n) is 2.51. The van der Waals surface area contributed by atoms with Gasteiger partial charge in [0.1, 0.15) is 11.9 Å². The van der Waals surface area contributed by atoms with Crippen molar-refractivity contribution in [3.05, 3.63) is 52.7 Å².